The first-order valence-corrected chi connectivity index (χ1v) is 11.2. The van der Waals surface area contributed by atoms with Crippen molar-refractivity contribution in [1.29, 1.82) is 0 Å². The molecule has 3 atom stereocenters. The highest BCUT2D eigenvalue weighted by Crippen LogP contribution is 2.52. The van der Waals surface area contributed by atoms with Crippen LogP contribution in [0.4, 0.5) is 5.69 Å². The standard InChI is InChI=1S/C26H22BrNO3/c27-17-13-21-18-10-6-11-19(18)24(28-25(21)22(14-17)26(29)30)20-9-4-5-12-23(20)31-15-16-7-2-1-3-8-16/h1-10,12-14,18-19,24,28H,11,15H2,(H,29,30)/t18-,19+,24-/m1/s1. The summed E-state index contributed by atoms with van der Waals surface area (Å²) in [6.07, 6.45) is 5.35. The van der Waals surface area contributed by atoms with E-state index in [-0.39, 0.29) is 17.5 Å². The van der Waals surface area contributed by atoms with Crippen LogP contribution >= 0.6 is 15.9 Å². The van der Waals surface area contributed by atoms with Crippen LogP contribution in [0.3, 0.4) is 0 Å². The Morgan fingerprint density at radius 3 is 2.65 bits per heavy atom. The van der Waals surface area contributed by atoms with Crippen molar-refractivity contribution in [3.05, 3.63) is 106 Å². The zero-order valence-electron chi connectivity index (χ0n) is 16.8. The van der Waals surface area contributed by atoms with Crippen molar-refractivity contribution in [3.8, 4) is 5.75 Å². The minimum absolute atomic E-state index is 0.0428. The molecule has 1 aliphatic carbocycles. The number of fused-ring (bicyclic) bond motifs is 3. The third-order valence-corrected chi connectivity index (χ3v) is 6.61. The molecular weight excluding hydrogens is 454 g/mol. The van der Waals surface area contributed by atoms with Crippen LogP contribution in [-0.4, -0.2) is 11.1 Å². The van der Waals surface area contributed by atoms with E-state index in [4.69, 9.17) is 4.74 Å². The number of carbonyl (C=O) groups is 1. The summed E-state index contributed by atoms with van der Waals surface area (Å²) in [5, 5.41) is 13.4. The number of carboxylic acid groups (broad SMARTS) is 1. The fraction of sp³-hybridized carbons (Fsp3) is 0.192. The van der Waals surface area contributed by atoms with E-state index in [1.807, 2.05) is 54.6 Å². The molecule has 3 aromatic rings. The number of ether oxygens (including phenoxy) is 1. The van der Waals surface area contributed by atoms with Crippen LogP contribution < -0.4 is 10.1 Å². The second-order valence-electron chi connectivity index (χ2n) is 8.01. The quantitative estimate of drug-likeness (QED) is 0.410. The van der Waals surface area contributed by atoms with Crippen LogP contribution in [-0.2, 0) is 6.61 Å². The first-order valence-electron chi connectivity index (χ1n) is 10.4. The maximum atomic E-state index is 12.0. The van der Waals surface area contributed by atoms with Crippen LogP contribution in [0.25, 0.3) is 0 Å². The van der Waals surface area contributed by atoms with Crippen molar-refractivity contribution in [2.75, 3.05) is 5.32 Å². The van der Waals surface area contributed by atoms with Gasteiger partial charge in [0.25, 0.3) is 0 Å². The maximum absolute atomic E-state index is 12.0. The fourth-order valence-corrected chi connectivity index (χ4v) is 5.22. The van der Waals surface area contributed by atoms with Gasteiger partial charge in [0.1, 0.15) is 12.4 Å². The van der Waals surface area contributed by atoms with E-state index in [0.717, 1.165) is 33.3 Å². The number of hydrogen-bond acceptors (Lipinski definition) is 3. The lowest BCUT2D eigenvalue weighted by molar-refractivity contribution is 0.0697. The Morgan fingerprint density at radius 2 is 1.84 bits per heavy atom. The first-order chi connectivity index (χ1) is 15.1. The van der Waals surface area contributed by atoms with E-state index in [1.54, 1.807) is 6.07 Å². The van der Waals surface area contributed by atoms with Crippen molar-refractivity contribution in [2.24, 2.45) is 5.92 Å². The predicted octanol–water partition coefficient (Wildman–Crippen LogP) is 6.55. The van der Waals surface area contributed by atoms with Crippen LogP contribution in [0.1, 0.15) is 45.4 Å². The van der Waals surface area contributed by atoms with Gasteiger partial charge in [-0.15, -0.1) is 0 Å². The van der Waals surface area contributed by atoms with E-state index in [9.17, 15) is 9.90 Å². The SMILES string of the molecule is O=C(O)c1cc(Br)cc2c1N[C@@H](c1ccccc1OCc1ccccc1)[C@H]1CC=C[C@@H]21. The number of benzene rings is 3. The molecule has 4 nitrogen and oxygen atoms in total. The minimum atomic E-state index is -0.933. The van der Waals surface area contributed by atoms with Gasteiger partial charge < -0.3 is 15.2 Å². The van der Waals surface area contributed by atoms with Crippen molar-refractivity contribution in [2.45, 2.75) is 25.0 Å². The second kappa shape index (κ2) is 8.23. The topological polar surface area (TPSA) is 58.6 Å². The molecule has 0 fully saturated rings. The van der Waals surface area contributed by atoms with Crippen molar-refractivity contribution >= 4 is 27.6 Å². The summed E-state index contributed by atoms with van der Waals surface area (Å²) < 4.78 is 7.01. The molecule has 0 spiro atoms. The molecule has 3 aromatic carbocycles. The number of para-hydroxylation sites is 1. The maximum Gasteiger partial charge on any atom is 0.337 e. The summed E-state index contributed by atoms with van der Waals surface area (Å²) in [4.78, 5) is 12.0. The molecular formula is C26H22BrNO3. The zero-order chi connectivity index (χ0) is 21.4. The van der Waals surface area contributed by atoms with Gasteiger partial charge in [-0.1, -0.05) is 76.6 Å². The van der Waals surface area contributed by atoms with E-state index in [2.05, 4.69) is 39.5 Å². The Kier molecular flexibility index (Phi) is 5.28. The van der Waals surface area contributed by atoms with Gasteiger partial charge >= 0.3 is 5.97 Å². The fourth-order valence-electron chi connectivity index (χ4n) is 4.75. The van der Waals surface area contributed by atoms with Gasteiger partial charge in [-0.05, 0) is 41.7 Å². The Labute approximate surface area is 189 Å². The van der Waals surface area contributed by atoms with Crippen molar-refractivity contribution in [1.82, 2.24) is 0 Å². The van der Waals surface area contributed by atoms with Gasteiger partial charge in [-0.25, -0.2) is 4.79 Å². The van der Waals surface area contributed by atoms with E-state index in [0.29, 0.717) is 18.2 Å². The normalized spacial score (nSPS) is 21.1. The summed E-state index contributed by atoms with van der Waals surface area (Å²) >= 11 is 3.49. The van der Waals surface area contributed by atoms with Gasteiger partial charge in [0.15, 0.2) is 0 Å². The number of hydrogen-bond donors (Lipinski definition) is 2. The Balaban J connectivity index is 1.53. The summed E-state index contributed by atoms with van der Waals surface area (Å²) in [5.41, 5.74) is 4.19. The van der Waals surface area contributed by atoms with E-state index < -0.39 is 5.97 Å². The van der Waals surface area contributed by atoms with E-state index in [1.165, 1.54) is 0 Å². The van der Waals surface area contributed by atoms with Gasteiger partial charge in [-0.2, -0.15) is 0 Å². The third-order valence-electron chi connectivity index (χ3n) is 6.16. The molecule has 0 unspecified atom stereocenters. The van der Waals surface area contributed by atoms with Gasteiger partial charge in [0.2, 0.25) is 0 Å². The van der Waals surface area contributed by atoms with Crippen molar-refractivity contribution in [3.63, 3.8) is 0 Å². The van der Waals surface area contributed by atoms with Crippen LogP contribution in [0.15, 0.2) is 83.4 Å². The molecule has 0 radical (unpaired) electrons. The number of halogens is 1. The minimum Gasteiger partial charge on any atom is -0.489 e. The molecule has 0 aromatic heterocycles. The second-order valence-corrected chi connectivity index (χ2v) is 8.93. The highest BCUT2D eigenvalue weighted by molar-refractivity contribution is 9.10. The largest absolute Gasteiger partial charge is 0.489 e. The smallest absolute Gasteiger partial charge is 0.337 e. The Bertz CT molecular complexity index is 1160. The molecule has 2 N–H and O–H groups in total. The van der Waals surface area contributed by atoms with Crippen molar-refractivity contribution < 1.29 is 14.6 Å². The molecule has 5 rings (SSSR count). The molecule has 156 valence electrons. The number of aromatic carboxylic acids is 1. The number of nitrogens with one attached hydrogen (secondary N) is 1. The van der Waals surface area contributed by atoms with Crippen LogP contribution in [0.5, 0.6) is 5.75 Å². The number of rotatable bonds is 5. The van der Waals surface area contributed by atoms with Gasteiger partial charge in [-0.3, -0.25) is 0 Å². The molecule has 2 aliphatic rings. The molecule has 0 saturated heterocycles. The zero-order valence-corrected chi connectivity index (χ0v) is 18.4. The lowest BCUT2D eigenvalue weighted by Crippen LogP contribution is -2.30. The average Bonchev–Trinajstić information content (AvgIpc) is 3.28. The molecule has 0 saturated carbocycles. The summed E-state index contributed by atoms with van der Waals surface area (Å²) in [7, 11) is 0. The lowest BCUT2D eigenvalue weighted by Gasteiger charge is -2.38. The van der Waals surface area contributed by atoms with Gasteiger partial charge in [0.05, 0.1) is 17.3 Å². The predicted molar refractivity (Wildman–Crippen MR) is 125 cm³/mol. The first kappa shape index (κ1) is 19.9. The number of allylic oxidation sites excluding steroid dienone is 2. The van der Waals surface area contributed by atoms with E-state index >= 15 is 0 Å². The third kappa shape index (κ3) is 3.74. The highest BCUT2D eigenvalue weighted by Gasteiger charge is 2.40. The molecule has 31 heavy (non-hydrogen) atoms. The summed E-state index contributed by atoms with van der Waals surface area (Å²) in [6.45, 7) is 0.487. The number of carboxylic acids is 1. The molecule has 0 bridgehead atoms. The molecule has 0 amide bonds. The molecule has 1 aliphatic heterocycles. The summed E-state index contributed by atoms with van der Waals surface area (Å²) in [5.74, 6) is 0.355. The number of anilines is 1. The average molecular weight is 476 g/mol. The highest BCUT2D eigenvalue weighted by atomic mass is 79.9. The van der Waals surface area contributed by atoms with Crippen LogP contribution in [0.2, 0.25) is 0 Å². The Morgan fingerprint density at radius 1 is 1.06 bits per heavy atom. The Hall–Kier alpha value is -3.05. The lowest BCUT2D eigenvalue weighted by atomic mass is 9.76. The summed E-state index contributed by atoms with van der Waals surface area (Å²) in [6, 6.07) is 21.8. The monoisotopic (exact) mass is 475 g/mol. The molecule has 5 heteroatoms. The molecule has 1 heterocycles. The van der Waals surface area contributed by atoms with Gasteiger partial charge in [0, 0.05) is 16.0 Å². The van der Waals surface area contributed by atoms with Crippen LogP contribution in [0, 0.1) is 5.92 Å².